The van der Waals surface area contributed by atoms with Crippen molar-refractivity contribution in [1.82, 2.24) is 25.1 Å². The third-order valence-electron chi connectivity index (χ3n) is 5.06. The van der Waals surface area contributed by atoms with Crippen molar-refractivity contribution in [3.8, 4) is 0 Å². The number of nitrogens with one attached hydrogen (secondary N) is 2. The number of carbonyl (C=O) groups excluding carboxylic acids is 3. The smallest absolute Gasteiger partial charge is 0.248 e. The first kappa shape index (κ1) is 21.1. The molecular weight excluding hydrogens is 464 g/mol. The Bertz CT molecular complexity index is 1160. The van der Waals surface area contributed by atoms with Crippen molar-refractivity contribution in [3.63, 3.8) is 0 Å². The molecular formula is C21H21BrN6O3. The molecule has 3 aromatic heterocycles. The second-order valence-corrected chi connectivity index (χ2v) is 8.40. The van der Waals surface area contributed by atoms with Gasteiger partial charge in [-0.2, -0.15) is 5.10 Å². The van der Waals surface area contributed by atoms with E-state index < -0.39 is 6.04 Å². The minimum absolute atomic E-state index is 0.126. The van der Waals surface area contributed by atoms with Crippen molar-refractivity contribution in [2.75, 3.05) is 5.32 Å². The number of rotatable bonds is 8. The number of hydrogen-bond acceptors (Lipinski definition) is 6. The highest BCUT2D eigenvalue weighted by atomic mass is 79.9. The Hall–Kier alpha value is -3.14. The molecule has 0 unspecified atom stereocenters. The van der Waals surface area contributed by atoms with Gasteiger partial charge in [0, 0.05) is 18.5 Å². The summed E-state index contributed by atoms with van der Waals surface area (Å²) in [5.74, 6) is -0.0493. The number of nitrogens with zero attached hydrogens (tertiary/aromatic N) is 4. The number of hydrogen-bond donors (Lipinski definition) is 2. The van der Waals surface area contributed by atoms with E-state index in [4.69, 9.17) is 0 Å². The van der Waals surface area contributed by atoms with Crippen LogP contribution in [0.15, 0.2) is 41.3 Å². The van der Waals surface area contributed by atoms with Crippen molar-refractivity contribution >= 4 is 50.2 Å². The second kappa shape index (κ2) is 8.93. The van der Waals surface area contributed by atoms with Crippen LogP contribution in [0.4, 0.5) is 5.82 Å². The van der Waals surface area contributed by atoms with E-state index in [1.807, 2.05) is 0 Å². The summed E-state index contributed by atoms with van der Waals surface area (Å²) >= 11 is 3.28. The third kappa shape index (κ3) is 5.13. The number of aromatic nitrogens is 4. The molecule has 0 bridgehead atoms. The van der Waals surface area contributed by atoms with Crippen LogP contribution in [0.3, 0.4) is 0 Å². The van der Waals surface area contributed by atoms with Crippen molar-refractivity contribution < 1.29 is 14.4 Å². The van der Waals surface area contributed by atoms with E-state index in [1.54, 1.807) is 36.7 Å². The average Bonchev–Trinajstić information content (AvgIpc) is 3.47. The number of pyridine rings is 2. The van der Waals surface area contributed by atoms with Crippen LogP contribution in [0, 0.1) is 5.92 Å². The Labute approximate surface area is 186 Å². The van der Waals surface area contributed by atoms with E-state index >= 15 is 0 Å². The highest BCUT2D eigenvalue weighted by Gasteiger charge is 2.31. The van der Waals surface area contributed by atoms with Gasteiger partial charge in [-0.15, -0.1) is 0 Å². The standard InChI is InChI=1S/C21H21BrN6O3/c1-12(29)20-14-7-8-23-10-16(14)28(27-20)11-19(30)24-15(9-13-5-6-13)21(31)26-18-4-2-3-17(22)25-18/h2-4,7-8,10,13,15H,5-6,9,11H2,1H3,(H,24,30)(H,25,26,31)/t15-/m0/s1. The van der Waals surface area contributed by atoms with Crippen LogP contribution in [-0.4, -0.2) is 43.4 Å². The number of ketones is 1. The molecule has 3 aromatic rings. The lowest BCUT2D eigenvalue weighted by Crippen LogP contribution is -2.45. The molecule has 1 aliphatic carbocycles. The average molecular weight is 485 g/mol. The summed E-state index contributed by atoms with van der Waals surface area (Å²) < 4.78 is 2.05. The van der Waals surface area contributed by atoms with E-state index in [9.17, 15) is 14.4 Å². The van der Waals surface area contributed by atoms with Crippen LogP contribution < -0.4 is 10.6 Å². The van der Waals surface area contributed by atoms with Gasteiger partial charge in [0.1, 0.15) is 28.7 Å². The second-order valence-electron chi connectivity index (χ2n) is 7.59. The van der Waals surface area contributed by atoms with Crippen LogP contribution >= 0.6 is 15.9 Å². The van der Waals surface area contributed by atoms with E-state index in [0.717, 1.165) is 12.8 Å². The van der Waals surface area contributed by atoms with Gasteiger partial charge in [-0.3, -0.25) is 24.0 Å². The first-order valence-electron chi connectivity index (χ1n) is 9.95. The van der Waals surface area contributed by atoms with Gasteiger partial charge in [-0.1, -0.05) is 18.9 Å². The molecule has 1 saturated carbocycles. The molecule has 31 heavy (non-hydrogen) atoms. The maximum absolute atomic E-state index is 12.8. The Kier molecular flexibility index (Phi) is 6.08. The van der Waals surface area contributed by atoms with Gasteiger partial charge in [-0.25, -0.2) is 4.98 Å². The number of carbonyl (C=O) groups is 3. The number of anilines is 1. The van der Waals surface area contributed by atoms with Crippen molar-refractivity contribution in [2.45, 2.75) is 38.8 Å². The van der Waals surface area contributed by atoms with E-state index in [-0.39, 0.29) is 24.1 Å². The molecule has 3 heterocycles. The van der Waals surface area contributed by atoms with Gasteiger partial charge in [-0.05, 0) is 46.5 Å². The first-order chi connectivity index (χ1) is 14.9. The van der Waals surface area contributed by atoms with Crippen LogP contribution in [0.2, 0.25) is 0 Å². The van der Waals surface area contributed by atoms with Crippen LogP contribution in [0.25, 0.3) is 10.9 Å². The predicted molar refractivity (Wildman–Crippen MR) is 117 cm³/mol. The molecule has 0 spiro atoms. The Morgan fingerprint density at radius 1 is 1.26 bits per heavy atom. The molecule has 2 N–H and O–H groups in total. The first-order valence-corrected chi connectivity index (χ1v) is 10.7. The third-order valence-corrected chi connectivity index (χ3v) is 5.51. The maximum Gasteiger partial charge on any atom is 0.248 e. The summed E-state index contributed by atoms with van der Waals surface area (Å²) in [4.78, 5) is 45.8. The Morgan fingerprint density at radius 2 is 2.06 bits per heavy atom. The summed E-state index contributed by atoms with van der Waals surface area (Å²) in [6.07, 6.45) is 5.80. The summed E-state index contributed by atoms with van der Waals surface area (Å²) in [6.45, 7) is 1.30. The summed E-state index contributed by atoms with van der Waals surface area (Å²) in [5, 5.41) is 10.5. The fraction of sp³-hybridized carbons (Fsp3) is 0.333. The molecule has 1 atom stereocenters. The predicted octanol–water partition coefficient (Wildman–Crippen LogP) is 2.72. The minimum atomic E-state index is -0.687. The highest BCUT2D eigenvalue weighted by Crippen LogP contribution is 2.33. The molecule has 0 aliphatic heterocycles. The van der Waals surface area contributed by atoms with Gasteiger partial charge in [0.05, 0.1) is 11.7 Å². The summed E-state index contributed by atoms with van der Waals surface area (Å²) in [7, 11) is 0. The minimum Gasteiger partial charge on any atom is -0.343 e. The van der Waals surface area contributed by atoms with Crippen LogP contribution in [0.5, 0.6) is 0 Å². The molecule has 1 fully saturated rings. The summed E-state index contributed by atoms with van der Waals surface area (Å²) in [5.41, 5.74) is 0.877. The normalized spacial score (nSPS) is 14.3. The molecule has 4 rings (SSSR count). The molecule has 1 aliphatic rings. The van der Waals surface area contributed by atoms with Gasteiger partial charge in [0.2, 0.25) is 11.8 Å². The molecule has 0 saturated heterocycles. The zero-order valence-electron chi connectivity index (χ0n) is 16.8. The zero-order valence-corrected chi connectivity index (χ0v) is 18.4. The number of Topliss-reactive ketones (excluding diaryl/α,β-unsaturated/α-hetero) is 1. The van der Waals surface area contributed by atoms with Crippen LogP contribution in [0.1, 0.15) is 36.7 Å². The number of amides is 2. The zero-order chi connectivity index (χ0) is 22.0. The largest absolute Gasteiger partial charge is 0.343 e. The van der Waals surface area contributed by atoms with Crippen LogP contribution in [-0.2, 0) is 16.1 Å². The highest BCUT2D eigenvalue weighted by molar-refractivity contribution is 9.10. The molecule has 0 radical (unpaired) electrons. The van der Waals surface area contributed by atoms with Gasteiger partial charge < -0.3 is 10.6 Å². The van der Waals surface area contributed by atoms with Gasteiger partial charge in [0.15, 0.2) is 5.78 Å². The molecule has 160 valence electrons. The van der Waals surface area contributed by atoms with Crippen molar-refractivity contribution in [3.05, 3.63) is 47.0 Å². The fourth-order valence-electron chi connectivity index (χ4n) is 3.39. The Balaban J connectivity index is 1.49. The molecule has 2 amide bonds. The van der Waals surface area contributed by atoms with E-state index in [0.29, 0.717) is 39.4 Å². The Morgan fingerprint density at radius 3 is 2.77 bits per heavy atom. The number of fused-ring (bicyclic) bond motifs is 1. The maximum atomic E-state index is 12.8. The van der Waals surface area contributed by atoms with Crippen molar-refractivity contribution in [2.24, 2.45) is 5.92 Å². The lowest BCUT2D eigenvalue weighted by Gasteiger charge is -2.18. The molecule has 10 heteroatoms. The monoisotopic (exact) mass is 484 g/mol. The van der Waals surface area contributed by atoms with Gasteiger partial charge >= 0.3 is 0 Å². The van der Waals surface area contributed by atoms with Gasteiger partial charge in [0.25, 0.3) is 0 Å². The SMILES string of the molecule is CC(=O)c1nn(CC(=O)N[C@@H](CC2CC2)C(=O)Nc2cccc(Br)n2)c2cnccc12. The molecule has 9 nitrogen and oxygen atoms in total. The van der Waals surface area contributed by atoms with E-state index in [2.05, 4.69) is 41.6 Å². The topological polar surface area (TPSA) is 119 Å². The van der Waals surface area contributed by atoms with E-state index in [1.165, 1.54) is 11.6 Å². The quantitative estimate of drug-likeness (QED) is 0.374. The lowest BCUT2D eigenvalue weighted by atomic mass is 10.1. The number of halogens is 1. The molecule has 0 aromatic carbocycles. The fourth-order valence-corrected chi connectivity index (χ4v) is 3.73. The van der Waals surface area contributed by atoms with Crippen molar-refractivity contribution in [1.29, 1.82) is 0 Å². The summed E-state index contributed by atoms with van der Waals surface area (Å²) in [6, 6.07) is 6.22. The lowest BCUT2D eigenvalue weighted by molar-refractivity contribution is -0.127.